The number of guanidine groups is 1. The van der Waals surface area contributed by atoms with E-state index in [2.05, 4.69) is 20.9 Å². The Labute approximate surface area is 200 Å². The van der Waals surface area contributed by atoms with Crippen LogP contribution in [0.2, 0.25) is 0 Å². The van der Waals surface area contributed by atoms with E-state index in [1.807, 2.05) is 13.8 Å². The molecule has 1 saturated heterocycles. The van der Waals surface area contributed by atoms with Crippen molar-refractivity contribution in [3.05, 3.63) is 30.1 Å². The van der Waals surface area contributed by atoms with Gasteiger partial charge in [-0.15, -0.1) is 24.0 Å². The third-order valence-electron chi connectivity index (χ3n) is 4.59. The van der Waals surface area contributed by atoms with E-state index in [0.717, 1.165) is 0 Å². The van der Waals surface area contributed by atoms with E-state index in [-0.39, 0.29) is 65.8 Å². The van der Waals surface area contributed by atoms with Crippen LogP contribution in [-0.4, -0.2) is 63.6 Å². The Morgan fingerprint density at radius 3 is 2.71 bits per heavy atom. The van der Waals surface area contributed by atoms with Gasteiger partial charge in [0.15, 0.2) is 15.8 Å². The smallest absolute Gasteiger partial charge is 0.222 e. The highest BCUT2D eigenvalue weighted by molar-refractivity contribution is 14.0. The second-order valence-electron chi connectivity index (χ2n) is 7.17. The number of ether oxygens (including phenoxy) is 1. The van der Waals surface area contributed by atoms with Crippen molar-refractivity contribution in [2.45, 2.75) is 45.3 Å². The summed E-state index contributed by atoms with van der Waals surface area (Å²) in [4.78, 5) is 16.5. The predicted molar refractivity (Wildman–Crippen MR) is 130 cm³/mol. The molecule has 1 aromatic rings. The standard InChI is InChI=1S/C20H31FN4O4S.HI/c1-3-17(29-18-7-5-6-15(21)12-18)13-24-20(22-4-2)23-10-8-19(26)25-16-9-11-30(27,28)14-16;/h5-7,12,16-17H,3-4,8-11,13-14H2,1-2H3,(H,25,26)(H2,22,23,24);1H. The highest BCUT2D eigenvalue weighted by Gasteiger charge is 2.28. The fraction of sp³-hybridized carbons (Fsp3) is 0.600. The van der Waals surface area contributed by atoms with Gasteiger partial charge in [0, 0.05) is 31.6 Å². The van der Waals surface area contributed by atoms with E-state index >= 15 is 0 Å². The number of aliphatic imine (C=N–C) groups is 1. The summed E-state index contributed by atoms with van der Waals surface area (Å²) in [5, 5.41) is 8.96. The van der Waals surface area contributed by atoms with Crippen LogP contribution >= 0.6 is 24.0 Å². The van der Waals surface area contributed by atoms with E-state index in [4.69, 9.17) is 4.74 Å². The van der Waals surface area contributed by atoms with Crippen molar-refractivity contribution >= 4 is 45.7 Å². The molecule has 0 radical (unpaired) electrons. The van der Waals surface area contributed by atoms with Crippen LogP contribution in [0, 0.1) is 5.82 Å². The van der Waals surface area contributed by atoms with Gasteiger partial charge in [0.2, 0.25) is 5.91 Å². The van der Waals surface area contributed by atoms with Gasteiger partial charge in [0.1, 0.15) is 17.7 Å². The maximum absolute atomic E-state index is 13.3. The minimum Gasteiger partial charge on any atom is -0.488 e. The molecule has 31 heavy (non-hydrogen) atoms. The Bertz CT molecular complexity index is 838. The summed E-state index contributed by atoms with van der Waals surface area (Å²) in [6.45, 7) is 5.28. The van der Waals surface area contributed by atoms with Crippen LogP contribution in [0.4, 0.5) is 4.39 Å². The first-order valence-corrected chi connectivity index (χ1v) is 12.1. The molecule has 0 aliphatic carbocycles. The molecule has 3 N–H and O–H groups in total. The number of benzene rings is 1. The van der Waals surface area contributed by atoms with Gasteiger partial charge >= 0.3 is 0 Å². The summed E-state index contributed by atoms with van der Waals surface area (Å²) in [6, 6.07) is 5.70. The molecule has 1 aliphatic rings. The summed E-state index contributed by atoms with van der Waals surface area (Å²) in [6.07, 6.45) is 1.16. The Morgan fingerprint density at radius 1 is 1.32 bits per heavy atom. The first-order valence-electron chi connectivity index (χ1n) is 10.3. The molecule has 2 atom stereocenters. The van der Waals surface area contributed by atoms with Crippen molar-refractivity contribution in [1.82, 2.24) is 16.0 Å². The number of carbonyl (C=O) groups is 1. The van der Waals surface area contributed by atoms with Crippen LogP contribution < -0.4 is 20.7 Å². The molecule has 176 valence electrons. The monoisotopic (exact) mass is 570 g/mol. The van der Waals surface area contributed by atoms with Gasteiger partial charge in [-0.05, 0) is 31.9 Å². The molecule has 1 aliphatic heterocycles. The zero-order valence-electron chi connectivity index (χ0n) is 17.9. The van der Waals surface area contributed by atoms with Gasteiger partial charge in [0.05, 0.1) is 18.1 Å². The topological polar surface area (TPSA) is 109 Å². The van der Waals surface area contributed by atoms with Gasteiger partial charge < -0.3 is 20.7 Å². The molecule has 2 rings (SSSR count). The van der Waals surface area contributed by atoms with E-state index in [1.165, 1.54) is 12.1 Å². The molecular formula is C20H32FIN4O4S. The zero-order valence-corrected chi connectivity index (χ0v) is 21.0. The lowest BCUT2D eigenvalue weighted by Crippen LogP contribution is -2.41. The normalized spacial score (nSPS) is 18.5. The number of amides is 1. The van der Waals surface area contributed by atoms with Crippen LogP contribution in [0.1, 0.15) is 33.1 Å². The third-order valence-corrected chi connectivity index (χ3v) is 6.36. The molecule has 0 aromatic heterocycles. The third kappa shape index (κ3) is 10.5. The van der Waals surface area contributed by atoms with Crippen molar-refractivity contribution in [2.24, 2.45) is 4.99 Å². The SMILES string of the molecule is CCNC(=NCC(CC)Oc1cccc(F)c1)NCCC(=O)NC1CCS(=O)(=O)C1.I. The average molecular weight is 570 g/mol. The van der Waals surface area contributed by atoms with Crippen LogP contribution in [0.15, 0.2) is 29.3 Å². The van der Waals surface area contributed by atoms with Gasteiger partial charge in [-0.1, -0.05) is 13.0 Å². The second-order valence-corrected chi connectivity index (χ2v) is 9.40. The quantitative estimate of drug-likeness (QED) is 0.225. The molecule has 1 aromatic carbocycles. The summed E-state index contributed by atoms with van der Waals surface area (Å²) < 4.78 is 42.0. The number of nitrogens with one attached hydrogen (secondary N) is 3. The number of carbonyl (C=O) groups excluding carboxylic acids is 1. The summed E-state index contributed by atoms with van der Waals surface area (Å²) in [5.74, 6) is 0.607. The molecule has 1 amide bonds. The number of hydrogen-bond donors (Lipinski definition) is 3. The highest BCUT2D eigenvalue weighted by Crippen LogP contribution is 2.15. The van der Waals surface area contributed by atoms with Crippen molar-refractivity contribution in [3.63, 3.8) is 0 Å². The molecule has 1 heterocycles. The van der Waals surface area contributed by atoms with Crippen LogP contribution in [0.3, 0.4) is 0 Å². The Hall–Kier alpha value is -1.63. The van der Waals surface area contributed by atoms with Gasteiger partial charge in [-0.2, -0.15) is 0 Å². The number of sulfone groups is 1. The Morgan fingerprint density at radius 2 is 2.10 bits per heavy atom. The maximum atomic E-state index is 13.3. The molecule has 11 heteroatoms. The fourth-order valence-corrected chi connectivity index (χ4v) is 4.69. The molecule has 0 saturated carbocycles. The zero-order chi connectivity index (χ0) is 22.0. The average Bonchev–Trinajstić information content (AvgIpc) is 3.03. The number of rotatable bonds is 10. The molecule has 0 spiro atoms. The fourth-order valence-electron chi connectivity index (χ4n) is 3.02. The lowest BCUT2D eigenvalue weighted by atomic mass is 10.2. The second kappa shape index (κ2) is 13.7. The van der Waals surface area contributed by atoms with Gasteiger partial charge in [-0.25, -0.2) is 17.8 Å². The minimum absolute atomic E-state index is 0. The number of halogens is 2. The lowest BCUT2D eigenvalue weighted by Gasteiger charge is -2.17. The molecule has 2 unspecified atom stereocenters. The van der Waals surface area contributed by atoms with Crippen LogP contribution in [0.5, 0.6) is 5.75 Å². The summed E-state index contributed by atoms with van der Waals surface area (Å²) in [5.41, 5.74) is 0. The van der Waals surface area contributed by atoms with Gasteiger partial charge in [-0.3, -0.25) is 4.79 Å². The largest absolute Gasteiger partial charge is 0.488 e. The van der Waals surface area contributed by atoms with Crippen LogP contribution in [0.25, 0.3) is 0 Å². The number of nitrogens with zero attached hydrogens (tertiary/aromatic N) is 1. The van der Waals surface area contributed by atoms with E-state index in [1.54, 1.807) is 12.1 Å². The summed E-state index contributed by atoms with van der Waals surface area (Å²) >= 11 is 0. The predicted octanol–water partition coefficient (Wildman–Crippen LogP) is 1.85. The van der Waals surface area contributed by atoms with E-state index < -0.39 is 9.84 Å². The van der Waals surface area contributed by atoms with Crippen molar-refractivity contribution in [3.8, 4) is 5.75 Å². The first-order chi connectivity index (χ1) is 14.3. The Balaban J connectivity index is 0.00000480. The van der Waals surface area contributed by atoms with Crippen molar-refractivity contribution in [1.29, 1.82) is 0 Å². The van der Waals surface area contributed by atoms with Crippen molar-refractivity contribution < 1.29 is 22.3 Å². The molecule has 1 fully saturated rings. The van der Waals surface area contributed by atoms with Crippen LogP contribution in [-0.2, 0) is 14.6 Å². The van der Waals surface area contributed by atoms with E-state index in [0.29, 0.717) is 44.2 Å². The van der Waals surface area contributed by atoms with E-state index in [9.17, 15) is 17.6 Å². The summed E-state index contributed by atoms with van der Waals surface area (Å²) in [7, 11) is -3.02. The lowest BCUT2D eigenvalue weighted by molar-refractivity contribution is -0.121. The highest BCUT2D eigenvalue weighted by atomic mass is 127. The van der Waals surface area contributed by atoms with Crippen molar-refractivity contribution in [2.75, 3.05) is 31.1 Å². The number of hydrogen-bond acceptors (Lipinski definition) is 5. The Kier molecular flexibility index (Phi) is 12.1. The molecular weight excluding hydrogens is 538 g/mol. The molecule has 8 nitrogen and oxygen atoms in total. The minimum atomic E-state index is -3.02. The maximum Gasteiger partial charge on any atom is 0.222 e. The first kappa shape index (κ1) is 27.4. The molecule has 0 bridgehead atoms. The van der Waals surface area contributed by atoms with Gasteiger partial charge in [0.25, 0.3) is 0 Å².